The first-order valence-electron chi connectivity index (χ1n) is 6.50. The van der Waals surface area contributed by atoms with E-state index in [1.807, 2.05) is 12.1 Å². The van der Waals surface area contributed by atoms with Crippen LogP contribution in [0.3, 0.4) is 0 Å². The lowest BCUT2D eigenvalue weighted by molar-refractivity contribution is 0.307. The minimum absolute atomic E-state index is 0.0263. The number of aryl methyl sites for hydroxylation is 1. The second kappa shape index (κ2) is 7.50. The summed E-state index contributed by atoms with van der Waals surface area (Å²) in [4.78, 5) is 3.98. The highest BCUT2D eigenvalue weighted by Crippen LogP contribution is 2.23. The fraction of sp³-hybridized carbons (Fsp3) is 0.200. The Morgan fingerprint density at radius 1 is 1.29 bits per heavy atom. The van der Waals surface area contributed by atoms with Crippen molar-refractivity contribution in [3.63, 3.8) is 0 Å². The van der Waals surface area contributed by atoms with Crippen molar-refractivity contribution < 1.29 is 9.94 Å². The van der Waals surface area contributed by atoms with Crippen LogP contribution in [0.15, 0.2) is 47.9 Å². The molecule has 0 bridgehead atoms. The SMILES string of the molecule is NC(=NO)c1cc(Cl)ccc1OCCCc1ccncc1. The molecule has 0 amide bonds. The first-order valence-corrected chi connectivity index (χ1v) is 6.87. The van der Waals surface area contributed by atoms with Gasteiger partial charge in [-0.15, -0.1) is 0 Å². The van der Waals surface area contributed by atoms with E-state index in [0.717, 1.165) is 12.8 Å². The molecule has 0 spiro atoms. The molecule has 2 aromatic rings. The first kappa shape index (κ1) is 15.1. The fourth-order valence-corrected chi connectivity index (χ4v) is 2.06. The van der Waals surface area contributed by atoms with E-state index in [9.17, 15) is 0 Å². The highest BCUT2D eigenvalue weighted by molar-refractivity contribution is 6.31. The van der Waals surface area contributed by atoms with E-state index in [0.29, 0.717) is 22.9 Å². The largest absolute Gasteiger partial charge is 0.493 e. The van der Waals surface area contributed by atoms with Crippen molar-refractivity contribution in [2.45, 2.75) is 12.8 Å². The van der Waals surface area contributed by atoms with Crippen molar-refractivity contribution >= 4 is 17.4 Å². The Labute approximate surface area is 128 Å². The Kier molecular flexibility index (Phi) is 5.40. The number of nitrogens with zero attached hydrogens (tertiary/aromatic N) is 2. The average molecular weight is 306 g/mol. The summed E-state index contributed by atoms with van der Waals surface area (Å²) in [7, 11) is 0. The molecule has 0 aliphatic rings. The number of benzene rings is 1. The van der Waals surface area contributed by atoms with Gasteiger partial charge >= 0.3 is 0 Å². The van der Waals surface area contributed by atoms with Crippen LogP contribution in [0.4, 0.5) is 0 Å². The van der Waals surface area contributed by atoms with Gasteiger partial charge in [-0.3, -0.25) is 4.98 Å². The van der Waals surface area contributed by atoms with E-state index in [2.05, 4.69) is 10.1 Å². The summed E-state index contributed by atoms with van der Waals surface area (Å²) >= 11 is 5.91. The second-order valence-electron chi connectivity index (χ2n) is 4.43. The average Bonchev–Trinajstić information content (AvgIpc) is 2.53. The Morgan fingerprint density at radius 2 is 2.05 bits per heavy atom. The van der Waals surface area contributed by atoms with Gasteiger partial charge in [0.25, 0.3) is 0 Å². The molecule has 0 fully saturated rings. The van der Waals surface area contributed by atoms with E-state index in [-0.39, 0.29) is 5.84 Å². The molecule has 5 nitrogen and oxygen atoms in total. The van der Waals surface area contributed by atoms with E-state index in [4.69, 9.17) is 27.3 Å². The molecule has 0 atom stereocenters. The number of hydrogen-bond donors (Lipinski definition) is 2. The normalized spacial score (nSPS) is 11.4. The zero-order chi connectivity index (χ0) is 15.1. The minimum Gasteiger partial charge on any atom is -0.493 e. The lowest BCUT2D eigenvalue weighted by atomic mass is 10.1. The molecular weight excluding hydrogens is 290 g/mol. The summed E-state index contributed by atoms with van der Waals surface area (Å²) in [5.74, 6) is 0.520. The third kappa shape index (κ3) is 4.36. The van der Waals surface area contributed by atoms with Crippen molar-refractivity contribution in [1.82, 2.24) is 4.98 Å². The van der Waals surface area contributed by atoms with Gasteiger partial charge in [0.1, 0.15) is 5.75 Å². The van der Waals surface area contributed by atoms with Crippen LogP contribution in [-0.2, 0) is 6.42 Å². The van der Waals surface area contributed by atoms with E-state index >= 15 is 0 Å². The van der Waals surface area contributed by atoms with E-state index in [1.54, 1.807) is 30.6 Å². The molecule has 0 aliphatic carbocycles. The van der Waals surface area contributed by atoms with Crippen LogP contribution < -0.4 is 10.5 Å². The van der Waals surface area contributed by atoms with Gasteiger partial charge in [-0.2, -0.15) is 0 Å². The summed E-state index contributed by atoms with van der Waals surface area (Å²) in [5.41, 5.74) is 7.30. The van der Waals surface area contributed by atoms with Crippen LogP contribution in [0.1, 0.15) is 17.5 Å². The molecule has 0 saturated heterocycles. The van der Waals surface area contributed by atoms with Gasteiger partial charge in [0.15, 0.2) is 5.84 Å². The van der Waals surface area contributed by atoms with Crippen LogP contribution in [0, 0.1) is 0 Å². The van der Waals surface area contributed by atoms with Crippen LogP contribution in [0.5, 0.6) is 5.75 Å². The standard InChI is InChI=1S/C15H16ClN3O2/c16-12-3-4-14(13(10-12)15(17)19-20)21-9-1-2-11-5-7-18-8-6-11/h3-8,10,20H,1-2,9H2,(H2,17,19). The number of hydrogen-bond acceptors (Lipinski definition) is 4. The fourth-order valence-electron chi connectivity index (χ4n) is 1.89. The number of nitrogens with two attached hydrogens (primary N) is 1. The molecule has 0 radical (unpaired) electrons. The summed E-state index contributed by atoms with van der Waals surface area (Å²) < 4.78 is 5.69. The Morgan fingerprint density at radius 3 is 2.76 bits per heavy atom. The molecule has 110 valence electrons. The molecule has 21 heavy (non-hydrogen) atoms. The number of aromatic nitrogens is 1. The summed E-state index contributed by atoms with van der Waals surface area (Å²) in [5, 5.41) is 12.3. The maximum Gasteiger partial charge on any atom is 0.173 e. The van der Waals surface area contributed by atoms with Gasteiger partial charge in [0.05, 0.1) is 12.2 Å². The van der Waals surface area contributed by atoms with Gasteiger partial charge in [-0.1, -0.05) is 16.8 Å². The Balaban J connectivity index is 1.94. The molecule has 6 heteroatoms. The van der Waals surface area contributed by atoms with Gasteiger partial charge < -0.3 is 15.7 Å². The maximum absolute atomic E-state index is 8.78. The molecule has 1 aromatic carbocycles. The number of amidine groups is 1. The van der Waals surface area contributed by atoms with Crippen molar-refractivity contribution in [2.24, 2.45) is 10.9 Å². The first-order chi connectivity index (χ1) is 10.2. The minimum atomic E-state index is -0.0263. The summed E-state index contributed by atoms with van der Waals surface area (Å²) in [6.07, 6.45) is 5.29. The lowest BCUT2D eigenvalue weighted by Crippen LogP contribution is -2.15. The van der Waals surface area contributed by atoms with Gasteiger partial charge in [-0.05, 0) is 48.7 Å². The molecule has 0 unspecified atom stereocenters. The van der Waals surface area contributed by atoms with Crippen LogP contribution in [0.2, 0.25) is 5.02 Å². The third-order valence-corrected chi connectivity index (χ3v) is 3.18. The molecular formula is C15H16ClN3O2. The Hall–Kier alpha value is -2.27. The van der Waals surface area contributed by atoms with Gasteiger partial charge in [0.2, 0.25) is 0 Å². The smallest absolute Gasteiger partial charge is 0.173 e. The van der Waals surface area contributed by atoms with Crippen LogP contribution >= 0.6 is 11.6 Å². The third-order valence-electron chi connectivity index (χ3n) is 2.94. The van der Waals surface area contributed by atoms with Crippen molar-refractivity contribution in [2.75, 3.05) is 6.61 Å². The molecule has 1 heterocycles. The molecule has 3 N–H and O–H groups in total. The highest BCUT2D eigenvalue weighted by Gasteiger charge is 2.09. The molecule has 0 saturated carbocycles. The predicted molar refractivity (Wildman–Crippen MR) is 82.0 cm³/mol. The quantitative estimate of drug-likeness (QED) is 0.283. The van der Waals surface area contributed by atoms with Gasteiger partial charge in [0, 0.05) is 17.4 Å². The second-order valence-corrected chi connectivity index (χ2v) is 4.87. The molecule has 0 aliphatic heterocycles. The van der Waals surface area contributed by atoms with Crippen molar-refractivity contribution in [1.29, 1.82) is 0 Å². The number of pyridine rings is 1. The van der Waals surface area contributed by atoms with Crippen molar-refractivity contribution in [3.8, 4) is 5.75 Å². The molecule has 2 rings (SSSR count). The van der Waals surface area contributed by atoms with Gasteiger partial charge in [-0.25, -0.2) is 0 Å². The zero-order valence-corrected chi connectivity index (χ0v) is 12.1. The monoisotopic (exact) mass is 305 g/mol. The summed E-state index contributed by atoms with van der Waals surface area (Å²) in [6, 6.07) is 8.97. The lowest BCUT2D eigenvalue weighted by Gasteiger charge is -2.11. The van der Waals surface area contributed by atoms with Crippen LogP contribution in [0.25, 0.3) is 0 Å². The number of oxime groups is 1. The Bertz CT molecular complexity index is 618. The number of rotatable bonds is 6. The van der Waals surface area contributed by atoms with E-state index in [1.165, 1.54) is 5.56 Å². The maximum atomic E-state index is 8.78. The molecule has 1 aromatic heterocycles. The predicted octanol–water partition coefficient (Wildman–Crippen LogP) is 2.84. The highest BCUT2D eigenvalue weighted by atomic mass is 35.5. The number of ether oxygens (including phenoxy) is 1. The topological polar surface area (TPSA) is 80.7 Å². The van der Waals surface area contributed by atoms with E-state index < -0.39 is 0 Å². The van der Waals surface area contributed by atoms with Crippen LogP contribution in [-0.4, -0.2) is 22.6 Å². The van der Waals surface area contributed by atoms with Crippen molar-refractivity contribution in [3.05, 3.63) is 58.9 Å². The zero-order valence-electron chi connectivity index (χ0n) is 11.4. The number of halogens is 1. The summed E-state index contributed by atoms with van der Waals surface area (Å²) in [6.45, 7) is 0.523.